The predicted molar refractivity (Wildman–Crippen MR) is 55.5 cm³/mol. The van der Waals surface area contributed by atoms with E-state index in [0.717, 1.165) is 22.8 Å². The molecule has 2 heterocycles. The molecule has 0 radical (unpaired) electrons. The zero-order valence-corrected chi connectivity index (χ0v) is 9.22. The number of hydrogen-bond donors (Lipinski definition) is 0. The van der Waals surface area contributed by atoms with Crippen LogP contribution in [0.15, 0.2) is 12.5 Å². The van der Waals surface area contributed by atoms with E-state index in [9.17, 15) is 0 Å². The number of alkyl halides is 1. The van der Waals surface area contributed by atoms with Gasteiger partial charge in [0.25, 0.3) is 0 Å². The van der Waals surface area contributed by atoms with Crippen LogP contribution in [0.3, 0.4) is 0 Å². The Balaban J connectivity index is 2.22. The largest absolute Gasteiger partial charge is 0.328 e. The van der Waals surface area contributed by atoms with E-state index < -0.39 is 0 Å². The Morgan fingerprint density at radius 3 is 3.07 bits per heavy atom. The SMILES string of the molecule is Cc1nnsc1Cn1cncc1CCl. The van der Waals surface area contributed by atoms with Crippen molar-refractivity contribution >= 4 is 23.1 Å². The van der Waals surface area contributed by atoms with Crippen LogP contribution in [0.1, 0.15) is 16.3 Å². The van der Waals surface area contributed by atoms with Gasteiger partial charge in [-0.2, -0.15) is 0 Å². The van der Waals surface area contributed by atoms with Crippen LogP contribution in [0, 0.1) is 6.92 Å². The maximum Gasteiger partial charge on any atom is 0.0952 e. The minimum atomic E-state index is 0.477. The van der Waals surface area contributed by atoms with Gasteiger partial charge in [0, 0.05) is 6.20 Å². The first-order valence-electron chi connectivity index (χ1n) is 4.14. The summed E-state index contributed by atoms with van der Waals surface area (Å²) in [5.74, 6) is 0.477. The fraction of sp³-hybridized carbons (Fsp3) is 0.375. The lowest BCUT2D eigenvalue weighted by atomic mass is 10.4. The zero-order valence-electron chi connectivity index (χ0n) is 7.64. The second-order valence-corrected chi connectivity index (χ2v) is 4.03. The van der Waals surface area contributed by atoms with E-state index in [1.165, 1.54) is 11.5 Å². The van der Waals surface area contributed by atoms with E-state index >= 15 is 0 Å². The standard InChI is InChI=1S/C8H9ClN4S/c1-6-8(14-12-11-6)4-13-5-10-3-7(13)2-9/h3,5H,2,4H2,1H3. The topological polar surface area (TPSA) is 43.6 Å². The normalized spacial score (nSPS) is 10.7. The molecule has 2 aromatic rings. The highest BCUT2D eigenvalue weighted by molar-refractivity contribution is 7.05. The summed E-state index contributed by atoms with van der Waals surface area (Å²) in [6, 6.07) is 0. The third-order valence-electron chi connectivity index (χ3n) is 1.99. The van der Waals surface area contributed by atoms with Crippen molar-refractivity contribution in [2.24, 2.45) is 0 Å². The molecule has 0 atom stereocenters. The zero-order chi connectivity index (χ0) is 9.97. The molecule has 0 amide bonds. The predicted octanol–water partition coefficient (Wildman–Crippen LogP) is 1.83. The van der Waals surface area contributed by atoms with Crippen LogP contribution in [-0.4, -0.2) is 19.1 Å². The molecule has 14 heavy (non-hydrogen) atoms. The molecule has 0 unspecified atom stereocenters. The Morgan fingerprint density at radius 1 is 1.57 bits per heavy atom. The average molecular weight is 229 g/mol. The maximum absolute atomic E-state index is 5.76. The van der Waals surface area contributed by atoms with Crippen molar-refractivity contribution in [3.8, 4) is 0 Å². The number of halogens is 1. The molecule has 0 spiro atoms. The summed E-state index contributed by atoms with van der Waals surface area (Å²) in [6.45, 7) is 2.71. The number of hydrogen-bond acceptors (Lipinski definition) is 4. The van der Waals surface area contributed by atoms with Gasteiger partial charge in [-0.1, -0.05) is 4.49 Å². The molecular weight excluding hydrogens is 220 g/mol. The highest BCUT2D eigenvalue weighted by Crippen LogP contribution is 2.13. The maximum atomic E-state index is 5.76. The lowest BCUT2D eigenvalue weighted by molar-refractivity contribution is 0.769. The van der Waals surface area contributed by atoms with E-state index in [1.807, 2.05) is 11.5 Å². The van der Waals surface area contributed by atoms with E-state index in [-0.39, 0.29) is 0 Å². The Hall–Kier alpha value is -0.940. The summed E-state index contributed by atoms with van der Waals surface area (Å²) in [5, 5.41) is 3.95. The molecule has 4 nitrogen and oxygen atoms in total. The van der Waals surface area contributed by atoms with E-state index in [4.69, 9.17) is 11.6 Å². The minimum Gasteiger partial charge on any atom is -0.328 e. The lowest BCUT2D eigenvalue weighted by Crippen LogP contribution is -2.01. The molecule has 2 aromatic heterocycles. The van der Waals surface area contributed by atoms with E-state index in [1.54, 1.807) is 12.5 Å². The first kappa shape index (κ1) is 9.61. The Morgan fingerprint density at radius 2 is 2.43 bits per heavy atom. The quantitative estimate of drug-likeness (QED) is 0.753. The smallest absolute Gasteiger partial charge is 0.0952 e. The van der Waals surface area contributed by atoms with Crippen LogP contribution in [0.25, 0.3) is 0 Å². The van der Waals surface area contributed by atoms with Gasteiger partial charge in [0.2, 0.25) is 0 Å². The Bertz CT molecular complexity index is 422. The Kier molecular flexibility index (Phi) is 2.79. The highest BCUT2D eigenvalue weighted by atomic mass is 35.5. The van der Waals surface area contributed by atoms with Crippen molar-refractivity contribution in [1.29, 1.82) is 0 Å². The molecule has 2 rings (SSSR count). The van der Waals surface area contributed by atoms with Crippen LogP contribution in [0.4, 0.5) is 0 Å². The van der Waals surface area contributed by atoms with Crippen molar-refractivity contribution < 1.29 is 0 Å². The summed E-state index contributed by atoms with van der Waals surface area (Å²) >= 11 is 7.18. The summed E-state index contributed by atoms with van der Waals surface area (Å²) in [4.78, 5) is 5.19. The number of nitrogens with zero attached hydrogens (tertiary/aromatic N) is 4. The number of aromatic nitrogens is 4. The monoisotopic (exact) mass is 228 g/mol. The Labute approximate surface area is 90.7 Å². The molecular formula is C8H9ClN4S. The minimum absolute atomic E-state index is 0.477. The second-order valence-electron chi connectivity index (χ2n) is 2.93. The molecule has 74 valence electrons. The van der Waals surface area contributed by atoms with Gasteiger partial charge in [0.05, 0.1) is 35.0 Å². The van der Waals surface area contributed by atoms with Gasteiger partial charge in [-0.05, 0) is 18.5 Å². The summed E-state index contributed by atoms with van der Waals surface area (Å²) < 4.78 is 5.89. The molecule has 0 N–H and O–H groups in total. The van der Waals surface area contributed by atoms with Crippen LogP contribution >= 0.6 is 23.1 Å². The summed E-state index contributed by atoms with van der Waals surface area (Å²) in [6.07, 6.45) is 3.55. The molecule has 0 saturated heterocycles. The van der Waals surface area contributed by atoms with Crippen LogP contribution in [-0.2, 0) is 12.4 Å². The first-order valence-corrected chi connectivity index (χ1v) is 5.45. The number of aryl methyl sites for hydroxylation is 1. The summed E-state index contributed by atoms with van der Waals surface area (Å²) in [7, 11) is 0. The highest BCUT2D eigenvalue weighted by Gasteiger charge is 2.06. The number of imidazole rings is 1. The molecule has 0 bridgehead atoms. The molecule has 0 saturated carbocycles. The van der Waals surface area contributed by atoms with Gasteiger partial charge in [0.1, 0.15) is 0 Å². The van der Waals surface area contributed by atoms with Crippen LogP contribution < -0.4 is 0 Å². The van der Waals surface area contributed by atoms with Crippen LogP contribution in [0.2, 0.25) is 0 Å². The fourth-order valence-corrected chi connectivity index (χ4v) is 2.01. The molecule has 0 aliphatic carbocycles. The van der Waals surface area contributed by atoms with Crippen molar-refractivity contribution in [1.82, 2.24) is 19.1 Å². The van der Waals surface area contributed by atoms with Crippen molar-refractivity contribution in [2.75, 3.05) is 0 Å². The third-order valence-corrected chi connectivity index (χ3v) is 3.08. The lowest BCUT2D eigenvalue weighted by Gasteiger charge is -2.03. The molecule has 0 aromatic carbocycles. The van der Waals surface area contributed by atoms with Crippen LogP contribution in [0.5, 0.6) is 0 Å². The van der Waals surface area contributed by atoms with Crippen molar-refractivity contribution in [3.05, 3.63) is 28.8 Å². The molecule has 6 heteroatoms. The number of rotatable bonds is 3. The van der Waals surface area contributed by atoms with Gasteiger partial charge >= 0.3 is 0 Å². The second kappa shape index (κ2) is 4.06. The molecule has 0 fully saturated rings. The fourth-order valence-electron chi connectivity index (χ4n) is 1.15. The van der Waals surface area contributed by atoms with Crippen molar-refractivity contribution in [2.45, 2.75) is 19.3 Å². The van der Waals surface area contributed by atoms with Crippen molar-refractivity contribution in [3.63, 3.8) is 0 Å². The van der Waals surface area contributed by atoms with Gasteiger partial charge in [-0.25, -0.2) is 4.98 Å². The molecule has 0 aliphatic heterocycles. The van der Waals surface area contributed by atoms with Gasteiger partial charge in [0.15, 0.2) is 0 Å². The van der Waals surface area contributed by atoms with E-state index in [0.29, 0.717) is 5.88 Å². The van der Waals surface area contributed by atoms with Gasteiger partial charge in [-0.3, -0.25) is 0 Å². The molecule has 0 aliphatic rings. The average Bonchev–Trinajstić information content (AvgIpc) is 2.77. The van der Waals surface area contributed by atoms with Gasteiger partial charge < -0.3 is 4.57 Å². The third kappa shape index (κ3) is 1.78. The first-order chi connectivity index (χ1) is 6.81. The summed E-state index contributed by atoms with van der Waals surface area (Å²) in [5.41, 5.74) is 1.99. The van der Waals surface area contributed by atoms with E-state index in [2.05, 4.69) is 14.6 Å². The van der Waals surface area contributed by atoms with Gasteiger partial charge in [-0.15, -0.1) is 16.7 Å².